The van der Waals surface area contributed by atoms with Crippen molar-refractivity contribution in [1.29, 1.82) is 0 Å². The molecule has 0 fully saturated rings. The first-order valence-corrected chi connectivity index (χ1v) is 9.76. The van der Waals surface area contributed by atoms with Gasteiger partial charge in [0, 0.05) is 10.0 Å². The molecule has 4 aromatic rings. The minimum Gasteiger partial charge on any atom is -0.455 e. The lowest BCUT2D eigenvalue weighted by Crippen LogP contribution is -2.20. The summed E-state index contributed by atoms with van der Waals surface area (Å²) >= 11 is 15.4. The van der Waals surface area contributed by atoms with Gasteiger partial charge in [0.05, 0.1) is 27.2 Å². The molecule has 4 rings (SSSR count). The molecule has 2 aromatic carbocycles. The third-order valence-electron chi connectivity index (χ3n) is 4.10. The Morgan fingerprint density at radius 2 is 1.93 bits per heavy atom. The first kappa shape index (κ1) is 18.9. The van der Waals surface area contributed by atoms with E-state index in [2.05, 4.69) is 26.0 Å². The van der Waals surface area contributed by atoms with Gasteiger partial charge in [-0.05, 0) is 55.5 Å². The maximum absolute atomic E-state index is 12.7. The third kappa shape index (κ3) is 3.63. The maximum atomic E-state index is 12.7. The van der Waals surface area contributed by atoms with Crippen LogP contribution in [-0.2, 0) is 0 Å². The second-order valence-corrected chi connectivity index (χ2v) is 7.74. The van der Waals surface area contributed by atoms with Crippen LogP contribution in [-0.4, -0.2) is 15.9 Å². The van der Waals surface area contributed by atoms with E-state index in [1.807, 2.05) is 12.1 Å². The number of rotatable bonds is 3. The van der Waals surface area contributed by atoms with Gasteiger partial charge < -0.3 is 4.42 Å². The molecular formula is C20H12BrCl2N3O2. The highest BCUT2D eigenvalue weighted by Crippen LogP contribution is 2.29. The predicted molar refractivity (Wildman–Crippen MR) is 116 cm³/mol. The van der Waals surface area contributed by atoms with Crippen molar-refractivity contribution in [3.8, 4) is 11.3 Å². The molecule has 0 amide bonds. The van der Waals surface area contributed by atoms with Crippen LogP contribution in [0.1, 0.15) is 11.6 Å². The highest BCUT2D eigenvalue weighted by molar-refractivity contribution is 9.10. The summed E-state index contributed by atoms with van der Waals surface area (Å²) in [5.74, 6) is 1.58. The van der Waals surface area contributed by atoms with E-state index in [0.717, 1.165) is 10.0 Å². The topological polar surface area (TPSA) is 60.4 Å². The highest BCUT2D eigenvalue weighted by atomic mass is 79.9. The van der Waals surface area contributed by atoms with Gasteiger partial charge in [-0.3, -0.25) is 4.79 Å². The lowest BCUT2D eigenvalue weighted by atomic mass is 10.2. The van der Waals surface area contributed by atoms with Crippen molar-refractivity contribution in [3.05, 3.63) is 85.0 Å². The molecule has 0 aliphatic heterocycles. The van der Waals surface area contributed by atoms with Crippen LogP contribution in [0.2, 0.25) is 10.0 Å². The number of furan rings is 1. The molecule has 140 valence electrons. The van der Waals surface area contributed by atoms with Gasteiger partial charge in [-0.15, -0.1) is 0 Å². The summed E-state index contributed by atoms with van der Waals surface area (Å²) in [5, 5.41) is 5.66. The summed E-state index contributed by atoms with van der Waals surface area (Å²) in [6.07, 6.45) is 1.47. The normalized spacial score (nSPS) is 11.6. The zero-order valence-corrected chi connectivity index (χ0v) is 17.6. The number of hydrogen-bond donors (Lipinski definition) is 0. The molecule has 0 saturated carbocycles. The number of aryl methyl sites for hydroxylation is 1. The van der Waals surface area contributed by atoms with Crippen molar-refractivity contribution < 1.29 is 4.42 Å². The summed E-state index contributed by atoms with van der Waals surface area (Å²) in [5.41, 5.74) is 1.16. The van der Waals surface area contributed by atoms with Crippen LogP contribution < -0.4 is 5.56 Å². The molecule has 0 N–H and O–H groups in total. The molecule has 0 atom stereocenters. The minimum atomic E-state index is -0.253. The molecule has 0 saturated heterocycles. The quantitative estimate of drug-likeness (QED) is 0.345. The van der Waals surface area contributed by atoms with E-state index in [0.29, 0.717) is 38.3 Å². The molecule has 0 aliphatic rings. The van der Waals surface area contributed by atoms with Crippen LogP contribution >= 0.6 is 39.1 Å². The van der Waals surface area contributed by atoms with Crippen LogP contribution in [0.4, 0.5) is 0 Å². The summed E-state index contributed by atoms with van der Waals surface area (Å²) in [4.78, 5) is 17.2. The minimum absolute atomic E-state index is 0.253. The van der Waals surface area contributed by atoms with Crippen molar-refractivity contribution in [3.63, 3.8) is 0 Å². The fourth-order valence-electron chi connectivity index (χ4n) is 2.74. The summed E-state index contributed by atoms with van der Waals surface area (Å²) in [7, 11) is 0. The first-order chi connectivity index (χ1) is 13.4. The van der Waals surface area contributed by atoms with Gasteiger partial charge in [0.2, 0.25) is 0 Å². The van der Waals surface area contributed by atoms with Crippen molar-refractivity contribution >= 4 is 56.2 Å². The third-order valence-corrected chi connectivity index (χ3v) is 5.33. The van der Waals surface area contributed by atoms with Gasteiger partial charge in [-0.1, -0.05) is 39.1 Å². The average molecular weight is 477 g/mol. The smallest absolute Gasteiger partial charge is 0.282 e. The standard InChI is InChI=1S/C20H12BrCl2N3O2/c1-11-25-18-6-3-13(21)9-15(18)20(27)26(11)24-10-14-4-7-19(28-14)12-2-5-16(22)17(23)8-12/h2-10H,1H3. The molecule has 0 spiro atoms. The van der Waals surface area contributed by atoms with E-state index >= 15 is 0 Å². The fraction of sp³-hybridized carbons (Fsp3) is 0.0500. The van der Waals surface area contributed by atoms with Crippen LogP contribution in [0.15, 0.2) is 67.3 Å². The number of nitrogens with zero attached hydrogens (tertiary/aromatic N) is 3. The molecule has 5 nitrogen and oxygen atoms in total. The molecule has 28 heavy (non-hydrogen) atoms. The summed E-state index contributed by atoms with van der Waals surface area (Å²) in [6, 6.07) is 14.2. The molecular weight excluding hydrogens is 465 g/mol. The molecule has 0 aliphatic carbocycles. The summed E-state index contributed by atoms with van der Waals surface area (Å²) in [6.45, 7) is 1.73. The van der Waals surface area contributed by atoms with Crippen molar-refractivity contribution in [2.45, 2.75) is 6.92 Å². The predicted octanol–water partition coefficient (Wildman–Crippen LogP) is 5.92. The van der Waals surface area contributed by atoms with Crippen LogP contribution in [0, 0.1) is 6.92 Å². The van der Waals surface area contributed by atoms with Crippen molar-refractivity contribution in [1.82, 2.24) is 9.66 Å². The van der Waals surface area contributed by atoms with E-state index in [4.69, 9.17) is 27.6 Å². The molecule has 8 heteroatoms. The fourth-order valence-corrected chi connectivity index (χ4v) is 3.40. The van der Waals surface area contributed by atoms with Gasteiger partial charge in [-0.2, -0.15) is 9.78 Å². The summed E-state index contributed by atoms with van der Waals surface area (Å²) < 4.78 is 7.83. The molecule has 0 bridgehead atoms. The molecule has 2 aromatic heterocycles. The number of fused-ring (bicyclic) bond motifs is 1. The zero-order valence-electron chi connectivity index (χ0n) is 14.5. The van der Waals surface area contributed by atoms with E-state index in [-0.39, 0.29) is 5.56 Å². The van der Waals surface area contributed by atoms with Gasteiger partial charge >= 0.3 is 0 Å². The molecule has 0 radical (unpaired) electrons. The number of benzene rings is 2. The molecule has 0 unspecified atom stereocenters. The second-order valence-electron chi connectivity index (χ2n) is 6.01. The average Bonchev–Trinajstić information content (AvgIpc) is 3.13. The second kappa shape index (κ2) is 7.54. The van der Waals surface area contributed by atoms with Gasteiger partial charge in [0.1, 0.15) is 17.3 Å². The van der Waals surface area contributed by atoms with Crippen LogP contribution in [0.5, 0.6) is 0 Å². The van der Waals surface area contributed by atoms with E-state index in [1.54, 1.807) is 43.3 Å². The Labute approximate surface area is 178 Å². The number of halogens is 3. The van der Waals surface area contributed by atoms with Gasteiger partial charge in [0.25, 0.3) is 5.56 Å². The monoisotopic (exact) mass is 475 g/mol. The Kier molecular flexibility index (Phi) is 5.10. The molecule has 2 heterocycles. The zero-order chi connectivity index (χ0) is 19.8. The lowest BCUT2D eigenvalue weighted by molar-refractivity contribution is 0.573. The van der Waals surface area contributed by atoms with Crippen LogP contribution in [0.3, 0.4) is 0 Å². The Morgan fingerprint density at radius 1 is 1.11 bits per heavy atom. The Bertz CT molecular complexity index is 1290. The lowest BCUT2D eigenvalue weighted by Gasteiger charge is -2.05. The Morgan fingerprint density at radius 3 is 2.71 bits per heavy atom. The number of aromatic nitrogens is 2. The first-order valence-electron chi connectivity index (χ1n) is 8.21. The van der Waals surface area contributed by atoms with Gasteiger partial charge in [0.15, 0.2) is 0 Å². The van der Waals surface area contributed by atoms with Crippen molar-refractivity contribution in [2.24, 2.45) is 5.10 Å². The van der Waals surface area contributed by atoms with E-state index in [9.17, 15) is 4.79 Å². The van der Waals surface area contributed by atoms with Crippen LogP contribution in [0.25, 0.3) is 22.2 Å². The maximum Gasteiger partial charge on any atom is 0.282 e. The Hall–Kier alpha value is -2.41. The Balaban J connectivity index is 1.69. The van der Waals surface area contributed by atoms with E-state index < -0.39 is 0 Å². The SMILES string of the molecule is Cc1nc2ccc(Br)cc2c(=O)n1N=Cc1ccc(-c2ccc(Cl)c(Cl)c2)o1. The van der Waals surface area contributed by atoms with Gasteiger partial charge in [-0.25, -0.2) is 4.98 Å². The highest BCUT2D eigenvalue weighted by Gasteiger charge is 2.09. The number of hydrogen-bond acceptors (Lipinski definition) is 4. The van der Waals surface area contributed by atoms with Crippen molar-refractivity contribution in [2.75, 3.05) is 0 Å². The largest absolute Gasteiger partial charge is 0.455 e. The van der Waals surface area contributed by atoms with E-state index in [1.165, 1.54) is 10.9 Å².